The fraction of sp³-hybridized carbons (Fsp3) is 0.611. The lowest BCUT2D eigenvalue weighted by Crippen LogP contribution is -2.49. The summed E-state index contributed by atoms with van der Waals surface area (Å²) in [6.45, 7) is 4.16. The highest BCUT2D eigenvalue weighted by molar-refractivity contribution is 5.95. The second-order valence-electron chi connectivity index (χ2n) is 7.06. The smallest absolute Gasteiger partial charge is 0.310 e. The molecule has 7 heteroatoms. The zero-order chi connectivity index (χ0) is 17.8. The molecule has 2 aliphatic rings. The molecule has 136 valence electrons. The van der Waals surface area contributed by atoms with E-state index in [4.69, 9.17) is 0 Å². The van der Waals surface area contributed by atoms with Crippen LogP contribution in [-0.4, -0.2) is 58.5 Å². The maximum absolute atomic E-state index is 12.6. The fourth-order valence-electron chi connectivity index (χ4n) is 3.86. The Morgan fingerprint density at radius 1 is 1.16 bits per heavy atom. The van der Waals surface area contributed by atoms with E-state index < -0.39 is 10.7 Å². The Balaban J connectivity index is 1.54. The molecule has 0 spiro atoms. The molecule has 2 fully saturated rings. The van der Waals surface area contributed by atoms with Crippen LogP contribution in [0.2, 0.25) is 0 Å². The summed E-state index contributed by atoms with van der Waals surface area (Å²) < 4.78 is 0. The van der Waals surface area contributed by atoms with E-state index >= 15 is 0 Å². The molecule has 3 rings (SSSR count). The highest BCUT2D eigenvalue weighted by Crippen LogP contribution is 2.27. The molecule has 0 bridgehead atoms. The maximum atomic E-state index is 12.6. The number of nitro groups is 1. The van der Waals surface area contributed by atoms with Gasteiger partial charge in [0.2, 0.25) is 0 Å². The van der Waals surface area contributed by atoms with Gasteiger partial charge in [-0.15, -0.1) is 0 Å². The summed E-state index contributed by atoms with van der Waals surface area (Å²) in [6.07, 6.45) is 6.68. The second kappa shape index (κ2) is 7.82. The first kappa shape index (κ1) is 17.7. The number of carbonyl (C=O) groups excluding carboxylic acids is 1. The minimum absolute atomic E-state index is 0.178. The van der Waals surface area contributed by atoms with Gasteiger partial charge in [0.15, 0.2) is 5.75 Å². The summed E-state index contributed by atoms with van der Waals surface area (Å²) in [5.41, 5.74) is -0.0855. The summed E-state index contributed by atoms with van der Waals surface area (Å²) in [6, 6.07) is 3.78. The van der Waals surface area contributed by atoms with Crippen molar-refractivity contribution in [2.45, 2.75) is 32.1 Å². The third-order valence-corrected chi connectivity index (χ3v) is 5.32. The van der Waals surface area contributed by atoms with Crippen molar-refractivity contribution in [1.82, 2.24) is 9.80 Å². The Kier molecular flexibility index (Phi) is 5.53. The third kappa shape index (κ3) is 4.28. The molecule has 1 saturated carbocycles. The van der Waals surface area contributed by atoms with Gasteiger partial charge >= 0.3 is 5.69 Å². The van der Waals surface area contributed by atoms with Crippen LogP contribution in [0.4, 0.5) is 5.69 Å². The molecule has 7 nitrogen and oxygen atoms in total. The topological polar surface area (TPSA) is 86.9 Å². The number of hydrogen-bond donors (Lipinski definition) is 1. The van der Waals surface area contributed by atoms with E-state index in [1.807, 2.05) is 0 Å². The molecule has 1 N–H and O–H groups in total. The monoisotopic (exact) mass is 347 g/mol. The quantitative estimate of drug-likeness (QED) is 0.668. The molecule has 1 amide bonds. The summed E-state index contributed by atoms with van der Waals surface area (Å²) in [5.74, 6) is 0.150. The Morgan fingerprint density at radius 3 is 2.44 bits per heavy atom. The van der Waals surface area contributed by atoms with Gasteiger partial charge in [-0.25, -0.2) is 0 Å². The molecule has 1 heterocycles. The van der Waals surface area contributed by atoms with E-state index in [1.54, 1.807) is 4.90 Å². The van der Waals surface area contributed by atoms with E-state index in [0.717, 1.165) is 25.6 Å². The highest BCUT2D eigenvalue weighted by Gasteiger charge is 2.25. The predicted octanol–water partition coefficient (Wildman–Crippen LogP) is 2.64. The van der Waals surface area contributed by atoms with Crippen molar-refractivity contribution in [1.29, 1.82) is 0 Å². The molecular weight excluding hydrogens is 322 g/mol. The van der Waals surface area contributed by atoms with Crippen LogP contribution in [0.15, 0.2) is 18.2 Å². The number of rotatable bonds is 4. The molecule has 1 aliphatic carbocycles. The number of carbonyl (C=O) groups is 1. The Hall–Kier alpha value is -2.15. The number of phenols is 1. The number of piperazine rings is 1. The summed E-state index contributed by atoms with van der Waals surface area (Å²) in [7, 11) is 0. The third-order valence-electron chi connectivity index (χ3n) is 5.32. The molecule has 0 radical (unpaired) electrons. The first-order valence-electron chi connectivity index (χ1n) is 9.03. The van der Waals surface area contributed by atoms with Gasteiger partial charge in [0.1, 0.15) is 0 Å². The molecule has 1 aromatic carbocycles. The van der Waals surface area contributed by atoms with Crippen LogP contribution < -0.4 is 0 Å². The summed E-state index contributed by atoms with van der Waals surface area (Å²) in [5, 5.41) is 20.5. The van der Waals surface area contributed by atoms with Gasteiger partial charge in [-0.2, -0.15) is 0 Å². The number of hydrogen-bond acceptors (Lipinski definition) is 5. The van der Waals surface area contributed by atoms with Crippen molar-refractivity contribution in [2.24, 2.45) is 5.92 Å². The molecular formula is C18H25N3O4. The van der Waals surface area contributed by atoms with Gasteiger partial charge in [-0.05, 0) is 30.9 Å². The lowest BCUT2D eigenvalue weighted by Gasteiger charge is -2.37. The summed E-state index contributed by atoms with van der Waals surface area (Å²) >= 11 is 0. The van der Waals surface area contributed by atoms with Crippen LogP contribution >= 0.6 is 0 Å². The van der Waals surface area contributed by atoms with E-state index in [9.17, 15) is 20.0 Å². The number of nitro benzene ring substituents is 1. The Bertz CT molecular complexity index is 635. The molecule has 0 aromatic heterocycles. The molecule has 1 aliphatic heterocycles. The van der Waals surface area contributed by atoms with Crippen LogP contribution in [0.5, 0.6) is 5.75 Å². The van der Waals surface area contributed by atoms with Crippen LogP contribution in [0.3, 0.4) is 0 Å². The van der Waals surface area contributed by atoms with E-state index in [0.29, 0.717) is 18.7 Å². The minimum Gasteiger partial charge on any atom is -0.502 e. The lowest BCUT2D eigenvalue weighted by molar-refractivity contribution is -0.385. The van der Waals surface area contributed by atoms with Crippen molar-refractivity contribution >= 4 is 11.6 Å². The average Bonchev–Trinajstić information content (AvgIpc) is 2.62. The van der Waals surface area contributed by atoms with E-state index in [2.05, 4.69) is 4.90 Å². The number of nitrogens with zero attached hydrogens (tertiary/aromatic N) is 3. The Labute approximate surface area is 147 Å². The second-order valence-corrected chi connectivity index (χ2v) is 7.06. The molecule has 1 aromatic rings. The van der Waals surface area contributed by atoms with Gasteiger partial charge in [0.05, 0.1) is 4.92 Å². The minimum atomic E-state index is -0.659. The maximum Gasteiger partial charge on any atom is 0.310 e. The predicted molar refractivity (Wildman–Crippen MR) is 93.7 cm³/mol. The van der Waals surface area contributed by atoms with Gasteiger partial charge in [-0.3, -0.25) is 19.8 Å². The number of amides is 1. The average molecular weight is 347 g/mol. The molecule has 25 heavy (non-hydrogen) atoms. The number of phenolic OH excluding ortho intramolecular Hbond substituents is 1. The largest absolute Gasteiger partial charge is 0.502 e. The summed E-state index contributed by atoms with van der Waals surface area (Å²) in [4.78, 5) is 26.8. The van der Waals surface area contributed by atoms with Crippen LogP contribution in [0.25, 0.3) is 0 Å². The van der Waals surface area contributed by atoms with Gasteiger partial charge in [0, 0.05) is 44.4 Å². The fourth-order valence-corrected chi connectivity index (χ4v) is 3.86. The van der Waals surface area contributed by atoms with Crippen molar-refractivity contribution in [3.05, 3.63) is 33.9 Å². The first-order chi connectivity index (χ1) is 12.0. The number of benzene rings is 1. The standard InChI is InChI=1S/C18H25N3O4/c22-17-12-15(6-7-16(17)21(24)25)18(23)20-10-8-19(9-11-20)13-14-4-2-1-3-5-14/h6-7,12,14,22H,1-5,8-11,13H2. The lowest BCUT2D eigenvalue weighted by atomic mass is 9.89. The molecule has 0 unspecified atom stereocenters. The SMILES string of the molecule is O=C(c1ccc([N+](=O)[O-])c(O)c1)N1CCN(CC2CCCCC2)CC1. The highest BCUT2D eigenvalue weighted by atomic mass is 16.6. The van der Waals surface area contributed by atoms with E-state index in [1.165, 1.54) is 50.3 Å². The van der Waals surface area contributed by atoms with Crippen molar-refractivity contribution in [3.8, 4) is 5.75 Å². The van der Waals surface area contributed by atoms with Gasteiger partial charge in [-0.1, -0.05) is 19.3 Å². The zero-order valence-electron chi connectivity index (χ0n) is 14.4. The van der Waals surface area contributed by atoms with Crippen LogP contribution in [0.1, 0.15) is 42.5 Å². The van der Waals surface area contributed by atoms with Crippen molar-refractivity contribution < 1.29 is 14.8 Å². The zero-order valence-corrected chi connectivity index (χ0v) is 14.4. The van der Waals surface area contributed by atoms with Crippen molar-refractivity contribution in [2.75, 3.05) is 32.7 Å². The molecule has 0 atom stereocenters. The number of aromatic hydroxyl groups is 1. The van der Waals surface area contributed by atoms with E-state index in [-0.39, 0.29) is 11.6 Å². The van der Waals surface area contributed by atoms with Gasteiger partial charge < -0.3 is 10.0 Å². The normalized spacial score (nSPS) is 19.8. The molecule has 1 saturated heterocycles. The van der Waals surface area contributed by atoms with Crippen LogP contribution in [0, 0.1) is 16.0 Å². The van der Waals surface area contributed by atoms with Gasteiger partial charge in [0.25, 0.3) is 5.91 Å². The Morgan fingerprint density at radius 2 is 1.84 bits per heavy atom. The van der Waals surface area contributed by atoms with Crippen LogP contribution in [-0.2, 0) is 0 Å². The van der Waals surface area contributed by atoms with Crippen molar-refractivity contribution in [3.63, 3.8) is 0 Å². The first-order valence-corrected chi connectivity index (χ1v) is 9.03.